The lowest BCUT2D eigenvalue weighted by atomic mass is 10.2. The van der Waals surface area contributed by atoms with Gasteiger partial charge in [-0.2, -0.15) is 0 Å². The molecule has 0 saturated heterocycles. The Morgan fingerprint density at radius 1 is 1.17 bits per heavy atom. The van der Waals surface area contributed by atoms with Gasteiger partial charge in [-0.25, -0.2) is 4.79 Å². The predicted octanol–water partition coefficient (Wildman–Crippen LogP) is 5.25. The van der Waals surface area contributed by atoms with Crippen molar-refractivity contribution in [2.45, 2.75) is 5.88 Å². The molecule has 2 rings (SSSR count). The Labute approximate surface area is 146 Å². The van der Waals surface area contributed by atoms with E-state index in [0.717, 1.165) is 0 Å². The third-order valence-corrected chi connectivity index (χ3v) is 3.92. The minimum Gasteiger partial charge on any atom is -0.410 e. The fourth-order valence-electron chi connectivity index (χ4n) is 1.70. The number of halogens is 3. The molecule has 0 radical (unpaired) electrons. The summed E-state index contributed by atoms with van der Waals surface area (Å²) in [5.41, 5.74) is 0.644. The fraction of sp³-hybridized carbons (Fsp3) is 0.0714. The molecule has 2 aromatic carbocycles. The first-order chi connectivity index (χ1) is 10.9. The third kappa shape index (κ3) is 4.25. The Hall–Kier alpha value is -2.02. The number of hydrogen-bond acceptors (Lipinski definition) is 4. The minimum absolute atomic E-state index is 0.0134. The van der Waals surface area contributed by atoms with Gasteiger partial charge in [-0.05, 0) is 24.3 Å². The molecule has 9 heteroatoms. The van der Waals surface area contributed by atoms with Gasteiger partial charge >= 0.3 is 6.09 Å². The molecule has 23 heavy (non-hydrogen) atoms. The summed E-state index contributed by atoms with van der Waals surface area (Å²) in [5, 5.41) is 13.5. The first kappa shape index (κ1) is 17.3. The number of carbonyl (C=O) groups is 1. The van der Waals surface area contributed by atoms with Crippen molar-refractivity contribution in [3.8, 4) is 5.75 Å². The molecule has 1 N–H and O–H groups in total. The quantitative estimate of drug-likeness (QED) is 0.449. The van der Waals surface area contributed by atoms with Crippen LogP contribution in [0, 0.1) is 10.1 Å². The van der Waals surface area contributed by atoms with Gasteiger partial charge in [0, 0.05) is 23.4 Å². The van der Waals surface area contributed by atoms with Crippen LogP contribution in [0.25, 0.3) is 0 Å². The summed E-state index contributed by atoms with van der Waals surface area (Å²) < 4.78 is 5.14. The van der Waals surface area contributed by atoms with Crippen LogP contribution in [0.1, 0.15) is 5.56 Å². The molecule has 0 saturated carbocycles. The van der Waals surface area contributed by atoms with Crippen molar-refractivity contribution in [3.63, 3.8) is 0 Å². The smallest absolute Gasteiger partial charge is 0.410 e. The number of nitrogens with one attached hydrogen (secondary N) is 1. The average Bonchev–Trinajstić information content (AvgIpc) is 2.52. The molecule has 0 aliphatic heterocycles. The van der Waals surface area contributed by atoms with Gasteiger partial charge in [0.05, 0.1) is 20.8 Å². The number of anilines is 1. The lowest BCUT2D eigenvalue weighted by Gasteiger charge is -2.11. The number of rotatable bonds is 4. The highest BCUT2D eigenvalue weighted by Gasteiger charge is 2.15. The van der Waals surface area contributed by atoms with Crippen molar-refractivity contribution in [2.75, 3.05) is 5.32 Å². The van der Waals surface area contributed by atoms with Crippen molar-refractivity contribution in [3.05, 3.63) is 62.1 Å². The van der Waals surface area contributed by atoms with E-state index < -0.39 is 11.0 Å². The Balaban J connectivity index is 2.11. The summed E-state index contributed by atoms with van der Waals surface area (Å²) >= 11 is 17.6. The molecule has 2 aromatic rings. The zero-order valence-corrected chi connectivity index (χ0v) is 13.7. The summed E-state index contributed by atoms with van der Waals surface area (Å²) in [4.78, 5) is 21.9. The maximum Gasteiger partial charge on any atom is 0.417 e. The van der Waals surface area contributed by atoms with Crippen LogP contribution < -0.4 is 10.1 Å². The first-order valence-corrected chi connectivity index (χ1v) is 7.47. The molecule has 120 valence electrons. The number of hydrogen-bond donors (Lipinski definition) is 1. The molecule has 0 bridgehead atoms. The van der Waals surface area contributed by atoms with E-state index in [-0.39, 0.29) is 22.3 Å². The molecular weight excluding hydrogens is 367 g/mol. The Bertz CT molecular complexity index is 750. The van der Waals surface area contributed by atoms with Crippen molar-refractivity contribution in [1.82, 2.24) is 0 Å². The molecule has 1 amide bonds. The predicted molar refractivity (Wildman–Crippen MR) is 88.8 cm³/mol. The van der Waals surface area contributed by atoms with E-state index in [1.165, 1.54) is 36.4 Å². The molecule has 0 aromatic heterocycles. The van der Waals surface area contributed by atoms with Crippen molar-refractivity contribution < 1.29 is 14.5 Å². The van der Waals surface area contributed by atoms with Gasteiger partial charge < -0.3 is 4.74 Å². The molecule has 0 unspecified atom stereocenters. The highest BCUT2D eigenvalue weighted by molar-refractivity contribution is 6.43. The van der Waals surface area contributed by atoms with Crippen molar-refractivity contribution in [2.24, 2.45) is 0 Å². The lowest BCUT2D eigenvalue weighted by Crippen LogP contribution is -2.17. The van der Waals surface area contributed by atoms with Crippen molar-refractivity contribution in [1.29, 1.82) is 0 Å². The number of non-ortho nitro benzene ring substituents is 1. The van der Waals surface area contributed by atoms with Crippen LogP contribution in [-0.2, 0) is 5.88 Å². The van der Waals surface area contributed by atoms with Crippen LogP contribution in [0.3, 0.4) is 0 Å². The molecule has 0 fully saturated rings. The first-order valence-electron chi connectivity index (χ1n) is 6.18. The highest BCUT2D eigenvalue weighted by Crippen LogP contribution is 2.34. The summed E-state index contributed by atoms with van der Waals surface area (Å²) in [7, 11) is 0. The van der Waals surface area contributed by atoms with E-state index >= 15 is 0 Å². The van der Waals surface area contributed by atoms with Crippen LogP contribution >= 0.6 is 34.8 Å². The molecule has 0 aliphatic carbocycles. The van der Waals surface area contributed by atoms with E-state index in [9.17, 15) is 14.9 Å². The second-order valence-corrected chi connectivity index (χ2v) is 5.34. The van der Waals surface area contributed by atoms with Gasteiger partial charge in [-0.3, -0.25) is 15.4 Å². The molecule has 0 aliphatic rings. The zero-order chi connectivity index (χ0) is 17.0. The van der Waals surface area contributed by atoms with Gasteiger partial charge in [0.2, 0.25) is 0 Å². The largest absolute Gasteiger partial charge is 0.417 e. The van der Waals surface area contributed by atoms with E-state index in [2.05, 4.69) is 5.32 Å². The van der Waals surface area contributed by atoms with Gasteiger partial charge in [0.1, 0.15) is 5.75 Å². The highest BCUT2D eigenvalue weighted by atomic mass is 35.5. The standard InChI is InChI=1S/C14H9Cl3N2O4/c15-7-10-12(6-5-11(16)13(10)17)23-14(20)18-8-1-3-9(4-2-8)19(21)22/h1-6H,7H2,(H,18,20). The lowest BCUT2D eigenvalue weighted by molar-refractivity contribution is -0.384. The maximum atomic E-state index is 11.9. The number of carbonyl (C=O) groups excluding carboxylic acids is 1. The van der Waals surface area contributed by atoms with E-state index in [1.54, 1.807) is 0 Å². The van der Waals surface area contributed by atoms with Crippen molar-refractivity contribution >= 4 is 52.3 Å². The van der Waals surface area contributed by atoms with E-state index in [1.807, 2.05) is 0 Å². The number of nitrogens with zero attached hydrogens (tertiary/aromatic N) is 1. The SMILES string of the molecule is O=C(Nc1ccc([N+](=O)[O-])cc1)Oc1ccc(Cl)c(Cl)c1CCl. The Morgan fingerprint density at radius 3 is 2.39 bits per heavy atom. The second-order valence-electron chi connectivity index (χ2n) is 4.29. The molecular formula is C14H9Cl3N2O4. The van der Waals surface area contributed by atoms with E-state index in [0.29, 0.717) is 16.3 Å². The van der Waals surface area contributed by atoms with E-state index in [4.69, 9.17) is 39.5 Å². The Kier molecular flexibility index (Phi) is 5.65. The normalized spacial score (nSPS) is 10.2. The third-order valence-electron chi connectivity index (χ3n) is 2.81. The summed E-state index contributed by atoms with van der Waals surface area (Å²) in [5.74, 6) is 0.188. The van der Waals surface area contributed by atoms with Crippen LogP contribution in [0.2, 0.25) is 10.0 Å². The molecule has 6 nitrogen and oxygen atoms in total. The summed E-state index contributed by atoms with van der Waals surface area (Å²) in [6.07, 6.45) is -0.788. The average molecular weight is 376 g/mol. The number of ether oxygens (including phenoxy) is 1. The number of nitro benzene ring substituents is 1. The number of nitro groups is 1. The molecule has 0 heterocycles. The zero-order valence-electron chi connectivity index (χ0n) is 11.4. The monoisotopic (exact) mass is 374 g/mol. The molecule has 0 spiro atoms. The van der Waals surface area contributed by atoms with Crippen LogP contribution in [0.5, 0.6) is 5.75 Å². The van der Waals surface area contributed by atoms with Crippen LogP contribution in [-0.4, -0.2) is 11.0 Å². The number of alkyl halides is 1. The molecule has 0 atom stereocenters. The second kappa shape index (κ2) is 7.50. The van der Waals surface area contributed by atoms with Crippen LogP contribution in [0.15, 0.2) is 36.4 Å². The van der Waals surface area contributed by atoms with Gasteiger partial charge in [0.25, 0.3) is 5.69 Å². The topological polar surface area (TPSA) is 81.5 Å². The maximum absolute atomic E-state index is 11.9. The van der Waals surface area contributed by atoms with Crippen LogP contribution in [0.4, 0.5) is 16.2 Å². The fourth-order valence-corrected chi connectivity index (χ4v) is 2.44. The van der Waals surface area contributed by atoms with Gasteiger partial charge in [0.15, 0.2) is 0 Å². The summed E-state index contributed by atoms with van der Waals surface area (Å²) in [6.45, 7) is 0. The summed E-state index contributed by atoms with van der Waals surface area (Å²) in [6, 6.07) is 8.25. The Morgan fingerprint density at radius 2 is 1.83 bits per heavy atom. The van der Waals surface area contributed by atoms with Gasteiger partial charge in [-0.15, -0.1) is 11.6 Å². The minimum atomic E-state index is -0.788. The number of benzene rings is 2. The number of amides is 1. The van der Waals surface area contributed by atoms with Gasteiger partial charge in [-0.1, -0.05) is 23.2 Å².